The Hall–Kier alpha value is -2.64. The van der Waals surface area contributed by atoms with E-state index in [1.165, 1.54) is 0 Å². The topological polar surface area (TPSA) is 61.4 Å². The molecule has 2 aromatic carbocycles. The summed E-state index contributed by atoms with van der Waals surface area (Å²) >= 11 is 7.61. The van der Waals surface area contributed by atoms with E-state index in [-0.39, 0.29) is 0 Å². The highest BCUT2D eigenvalue weighted by Crippen LogP contribution is 2.24. The largest absolute Gasteiger partial charge is 0.277 e. The molecular formula is C17H13ClN6S. The van der Waals surface area contributed by atoms with Gasteiger partial charge in [-0.2, -0.15) is 15.0 Å². The summed E-state index contributed by atoms with van der Waals surface area (Å²) in [6.07, 6.45) is 3.44. The van der Waals surface area contributed by atoms with Crippen LogP contribution in [0.4, 0.5) is 0 Å². The molecule has 0 aliphatic heterocycles. The van der Waals surface area contributed by atoms with Crippen LogP contribution >= 0.6 is 23.4 Å². The molecule has 0 atom stereocenters. The predicted octanol–water partition coefficient (Wildman–Crippen LogP) is 3.79. The van der Waals surface area contributed by atoms with Gasteiger partial charge in [-0.05, 0) is 30.3 Å². The summed E-state index contributed by atoms with van der Waals surface area (Å²) in [6, 6.07) is 17.4. The average molecular weight is 369 g/mol. The van der Waals surface area contributed by atoms with Crippen molar-refractivity contribution in [2.24, 2.45) is 0 Å². The smallest absolute Gasteiger partial charge is 0.195 e. The Morgan fingerprint density at radius 2 is 1.84 bits per heavy atom. The molecule has 0 bridgehead atoms. The Kier molecular flexibility index (Phi) is 4.49. The van der Waals surface area contributed by atoms with E-state index in [9.17, 15) is 0 Å². The summed E-state index contributed by atoms with van der Waals surface area (Å²) in [4.78, 5) is 1.62. The van der Waals surface area contributed by atoms with Crippen molar-refractivity contribution in [2.75, 3.05) is 0 Å². The minimum atomic E-state index is 0.645. The average Bonchev–Trinajstić information content (AvgIpc) is 3.30. The van der Waals surface area contributed by atoms with Gasteiger partial charge in [-0.25, -0.2) is 0 Å². The van der Waals surface area contributed by atoms with E-state index in [1.807, 2.05) is 59.2 Å². The molecule has 25 heavy (non-hydrogen) atoms. The molecule has 0 radical (unpaired) electrons. The quantitative estimate of drug-likeness (QED) is 0.501. The first kappa shape index (κ1) is 15.9. The molecule has 8 heteroatoms. The van der Waals surface area contributed by atoms with Crippen LogP contribution in [0.25, 0.3) is 11.4 Å². The number of nitrogens with zero attached hydrogens (tertiary/aromatic N) is 6. The molecule has 0 N–H and O–H groups in total. The zero-order valence-electron chi connectivity index (χ0n) is 13.0. The van der Waals surface area contributed by atoms with Crippen LogP contribution in [-0.4, -0.2) is 29.8 Å². The van der Waals surface area contributed by atoms with E-state index in [0.717, 1.165) is 22.2 Å². The Bertz CT molecular complexity index is 981. The fraction of sp³-hybridized carbons (Fsp3) is 0.0588. The van der Waals surface area contributed by atoms with Crippen molar-refractivity contribution in [3.8, 4) is 11.4 Å². The van der Waals surface area contributed by atoms with E-state index < -0.39 is 0 Å². The zero-order chi connectivity index (χ0) is 17.1. The minimum Gasteiger partial charge on any atom is -0.277 e. The van der Waals surface area contributed by atoms with Crippen molar-refractivity contribution < 1.29 is 0 Å². The molecule has 2 aromatic heterocycles. The van der Waals surface area contributed by atoms with Crippen LogP contribution in [0.3, 0.4) is 0 Å². The molecule has 0 saturated carbocycles. The van der Waals surface area contributed by atoms with E-state index in [1.54, 1.807) is 29.1 Å². The van der Waals surface area contributed by atoms with Crippen LogP contribution in [0.15, 0.2) is 72.3 Å². The third-order valence-corrected chi connectivity index (χ3v) is 4.69. The third kappa shape index (κ3) is 3.57. The number of halogens is 1. The molecule has 0 saturated heterocycles. The van der Waals surface area contributed by atoms with Gasteiger partial charge in [-0.1, -0.05) is 47.6 Å². The van der Waals surface area contributed by atoms with Gasteiger partial charge >= 0.3 is 0 Å². The summed E-state index contributed by atoms with van der Waals surface area (Å²) in [5.41, 5.74) is 2.73. The standard InChI is InChI=1S/C17H13ClN6S/c18-13-5-4-8-16(9-13)23-12-19-21-17(23)25-11-14-10-20-24(22-14)15-6-2-1-3-7-15/h1-10,12H,11H2. The summed E-state index contributed by atoms with van der Waals surface area (Å²) in [6.45, 7) is 0. The molecule has 0 aliphatic carbocycles. The van der Waals surface area contributed by atoms with Gasteiger partial charge in [0.1, 0.15) is 6.33 Å². The molecule has 0 spiro atoms. The molecule has 0 fully saturated rings. The first-order chi connectivity index (χ1) is 12.3. The van der Waals surface area contributed by atoms with Gasteiger partial charge in [-0.3, -0.25) is 4.57 Å². The van der Waals surface area contributed by atoms with Gasteiger partial charge in [0.25, 0.3) is 0 Å². The van der Waals surface area contributed by atoms with Gasteiger partial charge in [-0.15, -0.1) is 10.2 Å². The van der Waals surface area contributed by atoms with Crippen molar-refractivity contribution in [3.05, 3.63) is 77.8 Å². The van der Waals surface area contributed by atoms with E-state index >= 15 is 0 Å². The fourth-order valence-electron chi connectivity index (χ4n) is 2.31. The second-order valence-electron chi connectivity index (χ2n) is 5.21. The second-order valence-corrected chi connectivity index (χ2v) is 6.59. The Morgan fingerprint density at radius 3 is 2.68 bits per heavy atom. The number of benzene rings is 2. The molecule has 124 valence electrons. The van der Waals surface area contributed by atoms with Crippen molar-refractivity contribution in [1.29, 1.82) is 0 Å². The lowest BCUT2D eigenvalue weighted by atomic mass is 10.3. The molecule has 0 amide bonds. The number of hydrogen-bond donors (Lipinski definition) is 0. The van der Waals surface area contributed by atoms with Gasteiger partial charge in [0.2, 0.25) is 0 Å². The molecule has 6 nitrogen and oxygen atoms in total. The van der Waals surface area contributed by atoms with Crippen molar-refractivity contribution in [1.82, 2.24) is 29.8 Å². The van der Waals surface area contributed by atoms with E-state index in [2.05, 4.69) is 20.4 Å². The number of rotatable bonds is 5. The zero-order valence-corrected chi connectivity index (χ0v) is 14.6. The fourth-order valence-corrected chi connectivity index (χ4v) is 3.30. The maximum atomic E-state index is 6.07. The highest BCUT2D eigenvalue weighted by molar-refractivity contribution is 7.98. The van der Waals surface area contributed by atoms with Crippen LogP contribution in [0.5, 0.6) is 0 Å². The monoisotopic (exact) mass is 368 g/mol. The summed E-state index contributed by atoms with van der Waals surface area (Å²) in [7, 11) is 0. The lowest BCUT2D eigenvalue weighted by Crippen LogP contribution is -1.99. The lowest BCUT2D eigenvalue weighted by molar-refractivity contribution is 0.744. The Morgan fingerprint density at radius 1 is 1.00 bits per heavy atom. The molecule has 4 aromatic rings. The minimum absolute atomic E-state index is 0.645. The van der Waals surface area contributed by atoms with Gasteiger partial charge in [0.15, 0.2) is 5.16 Å². The second kappa shape index (κ2) is 7.08. The number of hydrogen-bond acceptors (Lipinski definition) is 5. The number of para-hydroxylation sites is 1. The van der Waals surface area contributed by atoms with Crippen molar-refractivity contribution in [3.63, 3.8) is 0 Å². The van der Waals surface area contributed by atoms with Crippen LogP contribution in [0.2, 0.25) is 5.02 Å². The Labute approximate surface area is 153 Å². The van der Waals surface area contributed by atoms with Crippen LogP contribution in [0, 0.1) is 0 Å². The highest BCUT2D eigenvalue weighted by atomic mass is 35.5. The molecular weight excluding hydrogens is 356 g/mol. The maximum Gasteiger partial charge on any atom is 0.195 e. The van der Waals surface area contributed by atoms with Crippen LogP contribution < -0.4 is 0 Å². The first-order valence-electron chi connectivity index (χ1n) is 7.55. The third-order valence-electron chi connectivity index (χ3n) is 3.48. The number of thioether (sulfide) groups is 1. The van der Waals surface area contributed by atoms with Crippen molar-refractivity contribution in [2.45, 2.75) is 10.9 Å². The Balaban J connectivity index is 1.50. The number of aromatic nitrogens is 6. The SMILES string of the molecule is Clc1cccc(-n2cnnc2SCc2cnn(-c3ccccc3)n2)c1. The predicted molar refractivity (Wildman–Crippen MR) is 97.3 cm³/mol. The molecule has 0 aliphatic rings. The van der Waals surface area contributed by atoms with Crippen molar-refractivity contribution >= 4 is 23.4 Å². The van der Waals surface area contributed by atoms with Crippen LogP contribution in [0.1, 0.15) is 5.69 Å². The maximum absolute atomic E-state index is 6.07. The van der Waals surface area contributed by atoms with Gasteiger partial charge in [0.05, 0.1) is 23.3 Å². The normalized spacial score (nSPS) is 10.9. The summed E-state index contributed by atoms with van der Waals surface area (Å²) in [5.74, 6) is 0.645. The van der Waals surface area contributed by atoms with Gasteiger partial charge in [0, 0.05) is 10.8 Å². The van der Waals surface area contributed by atoms with Crippen LogP contribution in [-0.2, 0) is 5.75 Å². The van der Waals surface area contributed by atoms with E-state index in [4.69, 9.17) is 11.6 Å². The molecule has 2 heterocycles. The summed E-state index contributed by atoms with van der Waals surface area (Å²) < 4.78 is 1.90. The lowest BCUT2D eigenvalue weighted by Gasteiger charge is -2.05. The first-order valence-corrected chi connectivity index (χ1v) is 8.91. The van der Waals surface area contributed by atoms with Gasteiger partial charge < -0.3 is 0 Å². The highest BCUT2D eigenvalue weighted by Gasteiger charge is 2.10. The molecule has 0 unspecified atom stereocenters. The molecule has 4 rings (SSSR count). The van der Waals surface area contributed by atoms with E-state index in [0.29, 0.717) is 10.8 Å². The summed E-state index contributed by atoms with van der Waals surface area (Å²) in [5, 5.41) is 18.4.